The third-order valence-electron chi connectivity index (χ3n) is 3.37. The van der Waals surface area contributed by atoms with Crippen molar-refractivity contribution in [1.29, 1.82) is 0 Å². The summed E-state index contributed by atoms with van der Waals surface area (Å²) in [4.78, 5) is 1.50. The average Bonchev–Trinajstić information content (AvgIpc) is 2.56. The Bertz CT molecular complexity index is 360. The van der Waals surface area contributed by atoms with Crippen molar-refractivity contribution in [3.8, 4) is 0 Å². The molecule has 3 heteroatoms. The minimum absolute atomic E-state index is 0.587. The number of aryl methyl sites for hydroxylation is 1. The van der Waals surface area contributed by atoms with Crippen LogP contribution in [-0.2, 0) is 6.42 Å². The van der Waals surface area contributed by atoms with Crippen LogP contribution in [0.1, 0.15) is 36.2 Å². The number of rotatable bonds is 2. The van der Waals surface area contributed by atoms with E-state index < -0.39 is 0 Å². The molecule has 1 fully saturated rings. The molecule has 1 heterocycles. The minimum Gasteiger partial charge on any atom is -0.307 e. The third kappa shape index (κ3) is 1.50. The lowest BCUT2D eigenvalue weighted by molar-refractivity contribution is 0.513. The summed E-state index contributed by atoms with van der Waals surface area (Å²) >= 11 is 7.77. The lowest BCUT2D eigenvalue weighted by Crippen LogP contribution is -2.22. The van der Waals surface area contributed by atoms with Gasteiger partial charge in [-0.15, -0.1) is 11.3 Å². The summed E-state index contributed by atoms with van der Waals surface area (Å²) in [5.74, 6) is 0.883. The SMILES string of the molecule is CC1CC1NC1CCc2sc(Cl)cc21. The van der Waals surface area contributed by atoms with Gasteiger partial charge >= 0.3 is 0 Å². The molecule has 0 saturated heterocycles. The van der Waals surface area contributed by atoms with Gasteiger partial charge < -0.3 is 5.32 Å². The van der Waals surface area contributed by atoms with Gasteiger partial charge in [0.1, 0.15) is 0 Å². The molecule has 0 radical (unpaired) electrons. The van der Waals surface area contributed by atoms with Gasteiger partial charge in [-0.1, -0.05) is 18.5 Å². The maximum absolute atomic E-state index is 6.02. The largest absolute Gasteiger partial charge is 0.307 e. The zero-order valence-electron chi connectivity index (χ0n) is 8.22. The molecule has 3 unspecified atom stereocenters. The van der Waals surface area contributed by atoms with Gasteiger partial charge in [-0.05, 0) is 36.8 Å². The molecule has 1 saturated carbocycles. The number of hydrogen-bond donors (Lipinski definition) is 1. The van der Waals surface area contributed by atoms with Crippen molar-refractivity contribution >= 4 is 22.9 Å². The molecule has 14 heavy (non-hydrogen) atoms. The van der Waals surface area contributed by atoms with E-state index in [-0.39, 0.29) is 0 Å². The van der Waals surface area contributed by atoms with Crippen molar-refractivity contribution in [3.63, 3.8) is 0 Å². The van der Waals surface area contributed by atoms with Crippen LogP contribution >= 0.6 is 22.9 Å². The third-order valence-corrected chi connectivity index (χ3v) is 4.71. The number of thiophene rings is 1. The van der Waals surface area contributed by atoms with Crippen LogP contribution in [-0.4, -0.2) is 6.04 Å². The second-order valence-corrected chi connectivity index (χ2v) is 6.27. The highest BCUT2D eigenvalue weighted by Crippen LogP contribution is 2.41. The van der Waals surface area contributed by atoms with Gasteiger partial charge in [-0.25, -0.2) is 0 Å². The fraction of sp³-hybridized carbons (Fsp3) is 0.636. The normalized spacial score (nSPS) is 34.6. The Balaban J connectivity index is 1.76. The Hall–Kier alpha value is -0.0500. The van der Waals surface area contributed by atoms with Crippen molar-refractivity contribution < 1.29 is 0 Å². The van der Waals surface area contributed by atoms with Crippen molar-refractivity contribution in [2.75, 3.05) is 0 Å². The number of fused-ring (bicyclic) bond motifs is 1. The van der Waals surface area contributed by atoms with E-state index in [1.165, 1.54) is 29.7 Å². The lowest BCUT2D eigenvalue weighted by atomic mass is 10.2. The molecule has 0 spiro atoms. The fourth-order valence-electron chi connectivity index (χ4n) is 2.32. The van der Waals surface area contributed by atoms with Gasteiger partial charge in [0.15, 0.2) is 0 Å². The molecular weight excluding hydrogens is 214 g/mol. The van der Waals surface area contributed by atoms with Crippen molar-refractivity contribution in [1.82, 2.24) is 5.32 Å². The molecule has 0 aromatic carbocycles. The highest BCUT2D eigenvalue weighted by molar-refractivity contribution is 7.16. The second kappa shape index (κ2) is 3.22. The van der Waals surface area contributed by atoms with Crippen molar-refractivity contribution in [3.05, 3.63) is 20.8 Å². The molecule has 1 nitrogen and oxygen atoms in total. The van der Waals surface area contributed by atoms with Gasteiger partial charge in [0.2, 0.25) is 0 Å². The predicted octanol–water partition coefficient (Wildman–Crippen LogP) is 3.39. The monoisotopic (exact) mass is 227 g/mol. The van der Waals surface area contributed by atoms with Gasteiger partial charge in [0.25, 0.3) is 0 Å². The Kier molecular flexibility index (Phi) is 2.12. The Morgan fingerprint density at radius 1 is 1.57 bits per heavy atom. The molecule has 2 aliphatic rings. The molecule has 0 bridgehead atoms. The molecule has 3 rings (SSSR count). The molecule has 76 valence electrons. The maximum Gasteiger partial charge on any atom is 0.0934 e. The Labute approximate surface area is 93.5 Å². The number of halogens is 1. The zero-order chi connectivity index (χ0) is 9.71. The first-order chi connectivity index (χ1) is 6.74. The highest BCUT2D eigenvalue weighted by Gasteiger charge is 2.36. The van der Waals surface area contributed by atoms with Crippen molar-refractivity contribution in [2.24, 2.45) is 5.92 Å². The molecule has 0 aliphatic heterocycles. The molecular formula is C11H14ClNS. The first-order valence-electron chi connectivity index (χ1n) is 5.28. The summed E-state index contributed by atoms with van der Waals surface area (Å²) in [5.41, 5.74) is 1.47. The predicted molar refractivity (Wildman–Crippen MR) is 61.1 cm³/mol. The van der Waals surface area contributed by atoms with E-state index >= 15 is 0 Å². The minimum atomic E-state index is 0.587. The average molecular weight is 228 g/mol. The summed E-state index contributed by atoms with van der Waals surface area (Å²) in [6.45, 7) is 2.31. The van der Waals surface area contributed by atoms with E-state index in [0.717, 1.165) is 16.3 Å². The summed E-state index contributed by atoms with van der Waals surface area (Å²) in [6.07, 6.45) is 3.83. The summed E-state index contributed by atoms with van der Waals surface area (Å²) in [5, 5.41) is 3.72. The lowest BCUT2D eigenvalue weighted by Gasteiger charge is -2.11. The summed E-state index contributed by atoms with van der Waals surface area (Å²) in [7, 11) is 0. The van der Waals surface area contributed by atoms with Crippen LogP contribution in [0, 0.1) is 5.92 Å². The summed E-state index contributed by atoms with van der Waals surface area (Å²) in [6, 6.07) is 3.51. The first-order valence-corrected chi connectivity index (χ1v) is 6.47. The van der Waals surface area contributed by atoms with Crippen LogP contribution in [0.5, 0.6) is 0 Å². The van der Waals surface area contributed by atoms with Gasteiger partial charge in [-0.3, -0.25) is 0 Å². The Morgan fingerprint density at radius 2 is 2.36 bits per heavy atom. The zero-order valence-corrected chi connectivity index (χ0v) is 9.79. The molecule has 1 aromatic rings. The van der Waals surface area contributed by atoms with Crippen LogP contribution in [0.15, 0.2) is 6.07 Å². The quantitative estimate of drug-likeness (QED) is 0.817. The van der Waals surface area contributed by atoms with E-state index in [1.807, 2.05) is 0 Å². The first kappa shape index (κ1) is 9.20. The topological polar surface area (TPSA) is 12.0 Å². The van der Waals surface area contributed by atoms with Gasteiger partial charge in [-0.2, -0.15) is 0 Å². The number of nitrogens with one attached hydrogen (secondary N) is 1. The molecule has 2 aliphatic carbocycles. The number of hydrogen-bond acceptors (Lipinski definition) is 2. The van der Waals surface area contributed by atoms with E-state index in [0.29, 0.717) is 6.04 Å². The highest BCUT2D eigenvalue weighted by atomic mass is 35.5. The second-order valence-electron chi connectivity index (χ2n) is 4.51. The van der Waals surface area contributed by atoms with E-state index in [2.05, 4.69) is 18.3 Å². The molecule has 1 N–H and O–H groups in total. The van der Waals surface area contributed by atoms with Crippen molar-refractivity contribution in [2.45, 2.75) is 38.3 Å². The standard InChI is InChI=1S/C11H14ClNS/c1-6-4-9(6)13-8-2-3-10-7(8)5-11(12)14-10/h5-6,8-9,13H,2-4H2,1H3. The van der Waals surface area contributed by atoms with Crippen LogP contribution < -0.4 is 5.32 Å². The maximum atomic E-state index is 6.02. The molecule has 1 aromatic heterocycles. The van der Waals surface area contributed by atoms with E-state index in [9.17, 15) is 0 Å². The Morgan fingerprint density at radius 3 is 3.07 bits per heavy atom. The van der Waals surface area contributed by atoms with Crippen LogP contribution in [0.4, 0.5) is 0 Å². The van der Waals surface area contributed by atoms with Crippen LogP contribution in [0.2, 0.25) is 4.34 Å². The fourth-order valence-corrected chi connectivity index (χ4v) is 3.67. The van der Waals surface area contributed by atoms with E-state index in [4.69, 9.17) is 11.6 Å². The van der Waals surface area contributed by atoms with Gasteiger partial charge in [0.05, 0.1) is 4.34 Å². The molecule has 0 amide bonds. The van der Waals surface area contributed by atoms with Crippen LogP contribution in [0.25, 0.3) is 0 Å². The van der Waals surface area contributed by atoms with Crippen LogP contribution in [0.3, 0.4) is 0 Å². The van der Waals surface area contributed by atoms with Gasteiger partial charge in [0, 0.05) is 17.0 Å². The molecule has 3 atom stereocenters. The van der Waals surface area contributed by atoms with E-state index in [1.54, 1.807) is 11.3 Å². The summed E-state index contributed by atoms with van der Waals surface area (Å²) < 4.78 is 0.949. The smallest absolute Gasteiger partial charge is 0.0934 e.